The van der Waals surface area contributed by atoms with E-state index < -0.39 is 17.6 Å². The number of thiophene rings is 1. The van der Waals surface area contributed by atoms with Gasteiger partial charge in [-0.25, -0.2) is 9.97 Å². The maximum atomic E-state index is 12.9. The van der Waals surface area contributed by atoms with Crippen molar-refractivity contribution in [2.24, 2.45) is 0 Å². The third-order valence-corrected chi connectivity index (χ3v) is 5.48. The van der Waals surface area contributed by atoms with E-state index in [0.717, 1.165) is 18.0 Å². The first-order chi connectivity index (χ1) is 15.3. The van der Waals surface area contributed by atoms with Crippen LogP contribution in [-0.4, -0.2) is 25.8 Å². The van der Waals surface area contributed by atoms with E-state index in [2.05, 4.69) is 30.6 Å². The number of anilines is 1. The number of fused-ring (bicyclic) bond motifs is 1. The topological polar surface area (TPSA) is 92.7 Å². The quantitative estimate of drug-likeness (QED) is 0.439. The highest BCUT2D eigenvalue weighted by molar-refractivity contribution is 7.17. The van der Waals surface area contributed by atoms with Gasteiger partial charge < -0.3 is 10.6 Å². The number of amides is 1. The van der Waals surface area contributed by atoms with Gasteiger partial charge in [-0.1, -0.05) is 6.07 Å². The van der Waals surface area contributed by atoms with Crippen LogP contribution in [0, 0.1) is 0 Å². The van der Waals surface area contributed by atoms with Crippen LogP contribution in [0.3, 0.4) is 0 Å². The molecule has 0 bridgehead atoms. The highest BCUT2D eigenvalue weighted by Gasteiger charge is 2.31. The first-order valence-electron chi connectivity index (χ1n) is 9.53. The van der Waals surface area contributed by atoms with Crippen molar-refractivity contribution in [2.45, 2.75) is 25.7 Å². The lowest BCUT2D eigenvalue weighted by Gasteiger charge is -2.14. The van der Waals surface area contributed by atoms with Crippen LogP contribution in [0.5, 0.6) is 0 Å². The van der Waals surface area contributed by atoms with Crippen LogP contribution in [-0.2, 0) is 12.7 Å². The van der Waals surface area contributed by atoms with Gasteiger partial charge in [0.05, 0.1) is 27.5 Å². The Labute approximate surface area is 184 Å². The number of alkyl halides is 3. The number of halogens is 3. The van der Waals surface area contributed by atoms with E-state index in [0.29, 0.717) is 10.2 Å². The average molecular weight is 458 g/mol. The van der Waals surface area contributed by atoms with E-state index in [-0.39, 0.29) is 29.8 Å². The molecule has 0 fully saturated rings. The molecule has 11 heteroatoms. The number of hydrogen-bond donors (Lipinski definition) is 2. The van der Waals surface area contributed by atoms with Gasteiger partial charge in [0.1, 0.15) is 0 Å². The number of carbonyl (C=O) groups is 1. The number of nitrogens with zero attached hydrogens (tertiary/aromatic N) is 4. The first kappa shape index (κ1) is 21.6. The van der Waals surface area contributed by atoms with Gasteiger partial charge >= 0.3 is 6.18 Å². The minimum Gasteiger partial charge on any atom is -0.347 e. The lowest BCUT2D eigenvalue weighted by atomic mass is 10.2. The summed E-state index contributed by atoms with van der Waals surface area (Å²) in [6.45, 7) is 1.77. The van der Waals surface area contributed by atoms with Crippen molar-refractivity contribution in [3.8, 4) is 0 Å². The zero-order valence-electron chi connectivity index (χ0n) is 16.7. The molecular weight excluding hydrogens is 441 g/mol. The molecule has 0 saturated heterocycles. The Balaban J connectivity index is 1.54. The number of carbonyl (C=O) groups excluding carboxylic acids is 1. The van der Waals surface area contributed by atoms with Gasteiger partial charge in [-0.3, -0.25) is 14.8 Å². The van der Waals surface area contributed by atoms with Crippen LogP contribution < -0.4 is 10.6 Å². The molecule has 4 aromatic rings. The zero-order chi connectivity index (χ0) is 22.7. The molecule has 0 aliphatic carbocycles. The van der Waals surface area contributed by atoms with Gasteiger partial charge in [0.15, 0.2) is 5.69 Å². The second kappa shape index (κ2) is 8.87. The van der Waals surface area contributed by atoms with Crippen LogP contribution >= 0.6 is 11.3 Å². The highest BCUT2D eigenvalue weighted by atomic mass is 32.1. The van der Waals surface area contributed by atoms with Crippen molar-refractivity contribution in [3.05, 3.63) is 76.8 Å². The van der Waals surface area contributed by atoms with Crippen molar-refractivity contribution in [1.82, 2.24) is 25.3 Å². The molecule has 1 amide bonds. The monoisotopic (exact) mass is 458 g/mol. The SMILES string of the molecule is CC(Nc1nc(C(=O)NCc2cncc(C(F)(F)F)c2)c2sccc2n1)c1ccccn1. The normalized spacial score (nSPS) is 12.5. The maximum Gasteiger partial charge on any atom is 0.417 e. The van der Waals surface area contributed by atoms with E-state index in [1.54, 1.807) is 17.6 Å². The molecule has 0 aliphatic rings. The number of aromatic nitrogens is 4. The molecule has 4 aromatic heterocycles. The molecule has 0 saturated carbocycles. The van der Waals surface area contributed by atoms with E-state index in [1.807, 2.05) is 25.1 Å². The summed E-state index contributed by atoms with van der Waals surface area (Å²) in [6, 6.07) is 8.05. The Kier molecular flexibility index (Phi) is 5.99. The predicted octanol–water partition coefficient (Wildman–Crippen LogP) is 4.60. The minimum atomic E-state index is -4.51. The Hall–Kier alpha value is -3.60. The van der Waals surface area contributed by atoms with Gasteiger partial charge in [0.2, 0.25) is 5.95 Å². The molecule has 4 rings (SSSR count). The van der Waals surface area contributed by atoms with Gasteiger partial charge in [-0.05, 0) is 42.1 Å². The summed E-state index contributed by atoms with van der Waals surface area (Å²) in [4.78, 5) is 29.5. The summed E-state index contributed by atoms with van der Waals surface area (Å²) in [5.74, 6) is -0.272. The number of nitrogens with one attached hydrogen (secondary N) is 2. The lowest BCUT2D eigenvalue weighted by molar-refractivity contribution is -0.137. The Morgan fingerprint density at radius 1 is 1.19 bits per heavy atom. The second-order valence-electron chi connectivity index (χ2n) is 6.91. The Bertz CT molecular complexity index is 1250. The van der Waals surface area contributed by atoms with Crippen LogP contribution in [0.2, 0.25) is 0 Å². The van der Waals surface area contributed by atoms with Gasteiger partial charge in [-0.2, -0.15) is 13.2 Å². The number of pyridine rings is 2. The first-order valence-corrected chi connectivity index (χ1v) is 10.4. The number of rotatable bonds is 6. The summed E-state index contributed by atoms with van der Waals surface area (Å²) in [7, 11) is 0. The molecule has 0 aromatic carbocycles. The molecule has 0 radical (unpaired) electrons. The predicted molar refractivity (Wildman–Crippen MR) is 114 cm³/mol. The Morgan fingerprint density at radius 3 is 2.78 bits per heavy atom. The molecule has 0 aliphatic heterocycles. The third kappa shape index (κ3) is 4.83. The third-order valence-electron chi connectivity index (χ3n) is 4.57. The van der Waals surface area contributed by atoms with Crippen molar-refractivity contribution >= 4 is 33.4 Å². The molecule has 1 unspecified atom stereocenters. The zero-order valence-corrected chi connectivity index (χ0v) is 17.5. The molecule has 0 spiro atoms. The van der Waals surface area contributed by atoms with E-state index in [9.17, 15) is 18.0 Å². The molecule has 2 N–H and O–H groups in total. The lowest BCUT2D eigenvalue weighted by Crippen LogP contribution is -2.25. The second-order valence-corrected chi connectivity index (χ2v) is 7.83. The maximum absolute atomic E-state index is 12.9. The summed E-state index contributed by atoms with van der Waals surface area (Å²) >= 11 is 1.31. The minimum absolute atomic E-state index is 0.125. The van der Waals surface area contributed by atoms with E-state index in [1.165, 1.54) is 17.5 Å². The van der Waals surface area contributed by atoms with Crippen molar-refractivity contribution in [3.63, 3.8) is 0 Å². The summed E-state index contributed by atoms with van der Waals surface area (Å²) in [5, 5.41) is 7.55. The van der Waals surface area contributed by atoms with E-state index >= 15 is 0 Å². The van der Waals surface area contributed by atoms with Gasteiger partial charge in [-0.15, -0.1) is 11.3 Å². The molecule has 164 valence electrons. The van der Waals surface area contributed by atoms with E-state index in [4.69, 9.17) is 0 Å². The molecule has 1 atom stereocenters. The van der Waals surface area contributed by atoms with Crippen molar-refractivity contribution in [1.29, 1.82) is 0 Å². The highest BCUT2D eigenvalue weighted by Crippen LogP contribution is 2.29. The summed E-state index contributed by atoms with van der Waals surface area (Å²) in [5.41, 5.74) is 0.866. The standard InChI is InChI=1S/C21H17F3N6OS/c1-12(15-4-2-3-6-26-15)28-20-29-16-5-7-32-18(16)17(30-20)19(31)27-10-13-8-14(11-25-9-13)21(22,23)24/h2-9,11-12H,10H2,1H3,(H,27,31)(H,28,29,30). The van der Waals surface area contributed by atoms with Crippen LogP contribution in [0.15, 0.2) is 54.3 Å². The molecular formula is C21H17F3N6OS. The summed E-state index contributed by atoms with van der Waals surface area (Å²) < 4.78 is 39.2. The average Bonchev–Trinajstić information content (AvgIpc) is 3.26. The number of hydrogen-bond acceptors (Lipinski definition) is 7. The van der Waals surface area contributed by atoms with Crippen LogP contribution in [0.25, 0.3) is 10.2 Å². The smallest absolute Gasteiger partial charge is 0.347 e. The fraction of sp³-hybridized carbons (Fsp3) is 0.190. The van der Waals surface area contributed by atoms with Crippen LogP contribution in [0.1, 0.15) is 40.3 Å². The largest absolute Gasteiger partial charge is 0.417 e. The van der Waals surface area contributed by atoms with Gasteiger partial charge in [0.25, 0.3) is 5.91 Å². The van der Waals surface area contributed by atoms with Crippen LogP contribution in [0.4, 0.5) is 19.1 Å². The molecule has 32 heavy (non-hydrogen) atoms. The Morgan fingerprint density at radius 2 is 2.03 bits per heavy atom. The molecule has 7 nitrogen and oxygen atoms in total. The van der Waals surface area contributed by atoms with Crippen molar-refractivity contribution in [2.75, 3.05) is 5.32 Å². The summed E-state index contributed by atoms with van der Waals surface area (Å²) in [6.07, 6.45) is -0.810. The fourth-order valence-electron chi connectivity index (χ4n) is 2.99. The van der Waals surface area contributed by atoms with Gasteiger partial charge in [0, 0.05) is 25.1 Å². The van der Waals surface area contributed by atoms with Crippen molar-refractivity contribution < 1.29 is 18.0 Å². The fourth-order valence-corrected chi connectivity index (χ4v) is 3.80. The molecule has 4 heterocycles.